The monoisotopic (exact) mass is 388 g/mol. The Morgan fingerprint density at radius 2 is 1.69 bits per heavy atom. The van der Waals surface area contributed by atoms with Crippen molar-refractivity contribution in [2.24, 2.45) is 0 Å². The van der Waals surface area contributed by atoms with Crippen molar-refractivity contribution in [1.29, 1.82) is 0 Å². The molecule has 0 saturated carbocycles. The molecule has 2 N–H and O–H groups in total. The van der Waals surface area contributed by atoms with E-state index in [1.54, 1.807) is 4.68 Å². The Bertz CT molecular complexity index is 1090. The molecular weight excluding hydrogens is 364 g/mol. The summed E-state index contributed by atoms with van der Waals surface area (Å²) < 4.78 is 1.65. The lowest BCUT2D eigenvalue weighted by Gasteiger charge is -2.11. The van der Waals surface area contributed by atoms with Crippen molar-refractivity contribution in [3.63, 3.8) is 0 Å². The first-order valence-electron chi connectivity index (χ1n) is 9.67. The summed E-state index contributed by atoms with van der Waals surface area (Å²) >= 11 is 0. The first-order valence-corrected chi connectivity index (χ1v) is 9.67. The Hall–Kier alpha value is -3.41. The molecule has 1 aliphatic heterocycles. The molecule has 148 valence electrons. The van der Waals surface area contributed by atoms with E-state index < -0.39 is 6.04 Å². The molecule has 4 rings (SSSR count). The predicted octanol–water partition coefficient (Wildman–Crippen LogP) is 4.31. The van der Waals surface area contributed by atoms with E-state index in [2.05, 4.69) is 15.7 Å². The number of aromatic nitrogens is 2. The highest BCUT2D eigenvalue weighted by Gasteiger charge is 2.36. The van der Waals surface area contributed by atoms with Crippen LogP contribution in [-0.4, -0.2) is 21.6 Å². The normalized spacial score (nSPS) is 15.2. The number of anilines is 2. The maximum Gasteiger partial charge on any atom is 0.251 e. The van der Waals surface area contributed by atoms with Gasteiger partial charge in [-0.15, -0.1) is 0 Å². The molecule has 6 heteroatoms. The first-order chi connectivity index (χ1) is 13.8. The molecule has 1 aromatic heterocycles. The van der Waals surface area contributed by atoms with Gasteiger partial charge >= 0.3 is 0 Å². The van der Waals surface area contributed by atoms with Crippen molar-refractivity contribution in [2.45, 2.75) is 40.2 Å². The average Bonchev–Trinajstić information content (AvgIpc) is 3.09. The number of rotatable bonds is 4. The molecule has 1 atom stereocenters. The number of carbonyl (C=O) groups is 2. The van der Waals surface area contributed by atoms with Crippen LogP contribution < -0.4 is 10.6 Å². The molecule has 0 radical (unpaired) electrons. The second-order valence-corrected chi connectivity index (χ2v) is 7.75. The standard InChI is InChI=1S/C23H24N4O2/c1-13-5-7-17(8-6-13)21-16(4)26-27-19(23(29)25-22(21)27)12-20(28)24-18-10-14(2)9-15(3)11-18/h5-11,19H,12H2,1-4H3,(H,24,28)(H,25,29). The van der Waals surface area contributed by atoms with Crippen LogP contribution in [0, 0.1) is 27.7 Å². The molecule has 2 amide bonds. The Kier molecular flexibility index (Phi) is 4.70. The van der Waals surface area contributed by atoms with E-state index >= 15 is 0 Å². The van der Waals surface area contributed by atoms with Crippen molar-refractivity contribution in [3.05, 3.63) is 64.8 Å². The zero-order valence-electron chi connectivity index (χ0n) is 17.0. The minimum atomic E-state index is -0.659. The number of carbonyl (C=O) groups excluding carboxylic acids is 2. The topological polar surface area (TPSA) is 76.0 Å². The highest BCUT2D eigenvalue weighted by Crippen LogP contribution is 2.38. The third-order valence-electron chi connectivity index (χ3n) is 5.15. The molecule has 0 bridgehead atoms. The van der Waals surface area contributed by atoms with Gasteiger partial charge in [0.05, 0.1) is 12.1 Å². The Morgan fingerprint density at radius 3 is 2.34 bits per heavy atom. The van der Waals surface area contributed by atoms with Gasteiger partial charge in [0, 0.05) is 11.3 Å². The summed E-state index contributed by atoms with van der Waals surface area (Å²) in [6, 6.07) is 13.3. The van der Waals surface area contributed by atoms with E-state index in [1.807, 2.05) is 70.2 Å². The third kappa shape index (κ3) is 3.66. The maximum atomic E-state index is 12.6. The number of nitrogens with one attached hydrogen (secondary N) is 2. The molecule has 2 aromatic carbocycles. The van der Waals surface area contributed by atoms with Crippen molar-refractivity contribution in [2.75, 3.05) is 10.6 Å². The summed E-state index contributed by atoms with van der Waals surface area (Å²) in [6.45, 7) is 7.92. The number of amides is 2. The van der Waals surface area contributed by atoms with Crippen LogP contribution in [0.3, 0.4) is 0 Å². The van der Waals surface area contributed by atoms with Gasteiger partial charge < -0.3 is 10.6 Å². The van der Waals surface area contributed by atoms with E-state index in [0.717, 1.165) is 33.6 Å². The van der Waals surface area contributed by atoms with Gasteiger partial charge in [0.15, 0.2) is 0 Å². The van der Waals surface area contributed by atoms with E-state index in [-0.39, 0.29) is 18.2 Å². The summed E-state index contributed by atoms with van der Waals surface area (Å²) in [4.78, 5) is 25.2. The van der Waals surface area contributed by atoms with Gasteiger partial charge in [0.2, 0.25) is 5.91 Å². The molecule has 0 saturated heterocycles. The number of aryl methyl sites for hydroxylation is 4. The Morgan fingerprint density at radius 1 is 1.03 bits per heavy atom. The fourth-order valence-corrected chi connectivity index (χ4v) is 3.88. The SMILES string of the molecule is Cc1ccc(-c2c(C)nn3c2NC(=O)C3CC(=O)Nc2cc(C)cc(C)c2)cc1. The third-order valence-corrected chi connectivity index (χ3v) is 5.15. The highest BCUT2D eigenvalue weighted by atomic mass is 16.2. The second-order valence-electron chi connectivity index (χ2n) is 7.75. The van der Waals surface area contributed by atoms with Crippen molar-refractivity contribution >= 4 is 23.3 Å². The van der Waals surface area contributed by atoms with Crippen LogP contribution in [-0.2, 0) is 9.59 Å². The zero-order valence-corrected chi connectivity index (χ0v) is 17.0. The Labute approximate surface area is 169 Å². The summed E-state index contributed by atoms with van der Waals surface area (Å²) in [5.74, 6) is 0.227. The van der Waals surface area contributed by atoms with Crippen LogP contribution in [0.2, 0.25) is 0 Å². The van der Waals surface area contributed by atoms with Gasteiger partial charge in [-0.3, -0.25) is 9.59 Å². The molecule has 3 aromatic rings. The molecular formula is C23H24N4O2. The predicted molar refractivity (Wildman–Crippen MR) is 114 cm³/mol. The summed E-state index contributed by atoms with van der Waals surface area (Å²) in [7, 11) is 0. The van der Waals surface area contributed by atoms with Crippen LogP contribution in [0.25, 0.3) is 11.1 Å². The average molecular weight is 388 g/mol. The fourth-order valence-electron chi connectivity index (χ4n) is 3.88. The van der Waals surface area contributed by atoms with Crippen LogP contribution in [0.4, 0.5) is 11.5 Å². The van der Waals surface area contributed by atoms with Crippen LogP contribution in [0.1, 0.15) is 34.8 Å². The molecule has 0 fully saturated rings. The fraction of sp³-hybridized carbons (Fsp3) is 0.261. The molecule has 29 heavy (non-hydrogen) atoms. The lowest BCUT2D eigenvalue weighted by molar-refractivity contribution is -0.123. The Balaban J connectivity index is 1.58. The van der Waals surface area contributed by atoms with Gasteiger partial charge in [-0.2, -0.15) is 5.10 Å². The number of hydrogen-bond donors (Lipinski definition) is 2. The van der Waals surface area contributed by atoms with E-state index in [9.17, 15) is 9.59 Å². The minimum Gasteiger partial charge on any atom is -0.326 e. The lowest BCUT2D eigenvalue weighted by atomic mass is 10.0. The quantitative estimate of drug-likeness (QED) is 0.699. The van der Waals surface area contributed by atoms with E-state index in [4.69, 9.17) is 0 Å². The number of hydrogen-bond acceptors (Lipinski definition) is 3. The first kappa shape index (κ1) is 18.9. The van der Waals surface area contributed by atoms with Crippen molar-refractivity contribution in [1.82, 2.24) is 9.78 Å². The van der Waals surface area contributed by atoms with Gasteiger partial charge in [-0.05, 0) is 56.5 Å². The molecule has 1 aliphatic rings. The minimum absolute atomic E-state index is 0.0281. The maximum absolute atomic E-state index is 12.6. The van der Waals surface area contributed by atoms with E-state index in [0.29, 0.717) is 5.82 Å². The molecule has 1 unspecified atom stereocenters. The van der Waals surface area contributed by atoms with Gasteiger partial charge in [0.1, 0.15) is 11.9 Å². The van der Waals surface area contributed by atoms with Gasteiger partial charge in [0.25, 0.3) is 5.91 Å². The highest BCUT2D eigenvalue weighted by molar-refractivity contribution is 6.04. The lowest BCUT2D eigenvalue weighted by Crippen LogP contribution is -2.23. The van der Waals surface area contributed by atoms with Gasteiger partial charge in [-0.25, -0.2) is 4.68 Å². The summed E-state index contributed by atoms with van der Waals surface area (Å²) in [5, 5.41) is 10.4. The summed E-state index contributed by atoms with van der Waals surface area (Å²) in [5.41, 5.74) is 6.77. The van der Waals surface area contributed by atoms with E-state index in [1.165, 1.54) is 5.56 Å². The number of benzene rings is 2. The van der Waals surface area contributed by atoms with Crippen molar-refractivity contribution < 1.29 is 9.59 Å². The molecule has 0 spiro atoms. The van der Waals surface area contributed by atoms with Crippen molar-refractivity contribution in [3.8, 4) is 11.1 Å². The number of fused-ring (bicyclic) bond motifs is 1. The molecule has 0 aliphatic carbocycles. The van der Waals surface area contributed by atoms with Crippen LogP contribution in [0.15, 0.2) is 42.5 Å². The molecule has 2 heterocycles. The van der Waals surface area contributed by atoms with Crippen LogP contribution >= 0.6 is 0 Å². The smallest absolute Gasteiger partial charge is 0.251 e. The second kappa shape index (κ2) is 7.20. The number of nitrogens with zero attached hydrogens (tertiary/aromatic N) is 2. The molecule has 6 nitrogen and oxygen atoms in total. The van der Waals surface area contributed by atoms with Gasteiger partial charge in [-0.1, -0.05) is 35.9 Å². The summed E-state index contributed by atoms with van der Waals surface area (Å²) in [6.07, 6.45) is 0.0281. The zero-order chi connectivity index (χ0) is 20.7. The van der Waals surface area contributed by atoms with Crippen LogP contribution in [0.5, 0.6) is 0 Å². The largest absolute Gasteiger partial charge is 0.326 e.